The highest BCUT2D eigenvalue weighted by molar-refractivity contribution is 5.50. The quantitative estimate of drug-likeness (QED) is 0.552. The first-order chi connectivity index (χ1) is 15.0. The Bertz CT molecular complexity index is 805. The lowest BCUT2D eigenvalue weighted by Gasteiger charge is -2.61. The minimum Gasteiger partial charge on any atom is -0.851 e. The van der Waals surface area contributed by atoms with Crippen molar-refractivity contribution in [2.45, 2.75) is 63.6 Å². The summed E-state index contributed by atoms with van der Waals surface area (Å²) in [6, 6.07) is 13.4. The Labute approximate surface area is 186 Å². The van der Waals surface area contributed by atoms with Crippen LogP contribution in [0, 0.1) is 0 Å². The molecule has 2 unspecified atom stereocenters. The van der Waals surface area contributed by atoms with E-state index in [4.69, 9.17) is 9.47 Å². The molecule has 2 atom stereocenters. The van der Waals surface area contributed by atoms with Crippen molar-refractivity contribution in [3.05, 3.63) is 53.6 Å². The zero-order valence-corrected chi connectivity index (χ0v) is 19.2. The first-order valence-corrected chi connectivity index (χ1v) is 11.4. The topological polar surface area (TPSA) is 67.8 Å². The van der Waals surface area contributed by atoms with Crippen molar-refractivity contribution >= 4 is 5.69 Å². The van der Waals surface area contributed by atoms with Gasteiger partial charge < -0.3 is 24.6 Å². The molecular formula is C26H35NO4-2. The van der Waals surface area contributed by atoms with Gasteiger partial charge in [-0.2, -0.15) is 0 Å². The molecule has 1 aliphatic carbocycles. The molecule has 170 valence electrons. The van der Waals surface area contributed by atoms with E-state index >= 15 is 0 Å². The van der Waals surface area contributed by atoms with Gasteiger partial charge in [0.1, 0.15) is 0 Å². The second-order valence-electron chi connectivity index (χ2n) is 8.38. The summed E-state index contributed by atoms with van der Waals surface area (Å²) >= 11 is 0. The van der Waals surface area contributed by atoms with Crippen LogP contribution in [-0.2, 0) is 0 Å². The number of hydrogen-bond acceptors (Lipinski definition) is 5. The molecule has 1 aliphatic rings. The first kappa shape index (κ1) is 23.4. The Morgan fingerprint density at radius 3 is 1.77 bits per heavy atom. The molecule has 3 rings (SSSR count). The Morgan fingerprint density at radius 1 is 0.742 bits per heavy atom. The number of hydrogen-bond donors (Lipinski definition) is 0. The van der Waals surface area contributed by atoms with Gasteiger partial charge in [-0.05, 0) is 60.1 Å². The van der Waals surface area contributed by atoms with Crippen LogP contribution >= 0.6 is 0 Å². The van der Waals surface area contributed by atoms with E-state index in [1.165, 1.54) is 5.69 Å². The van der Waals surface area contributed by atoms with E-state index in [1.54, 1.807) is 32.4 Å². The number of anilines is 1. The third kappa shape index (κ3) is 4.99. The van der Waals surface area contributed by atoms with Crippen LogP contribution < -0.4 is 24.6 Å². The van der Waals surface area contributed by atoms with Crippen LogP contribution in [0.15, 0.2) is 42.5 Å². The maximum Gasteiger partial charge on any atom is 0.160 e. The van der Waals surface area contributed by atoms with E-state index in [0.29, 0.717) is 11.5 Å². The molecule has 0 spiro atoms. The van der Waals surface area contributed by atoms with E-state index in [1.807, 2.05) is 12.1 Å². The molecule has 0 amide bonds. The minimum absolute atomic E-state index is 0.508. The van der Waals surface area contributed by atoms with Crippen LogP contribution in [-0.4, -0.2) is 39.5 Å². The van der Waals surface area contributed by atoms with Crippen molar-refractivity contribution in [1.82, 2.24) is 0 Å². The van der Waals surface area contributed by atoms with Crippen LogP contribution in [0.1, 0.15) is 62.5 Å². The molecule has 1 saturated carbocycles. The molecule has 0 heterocycles. The first-order valence-electron chi connectivity index (χ1n) is 11.4. The molecule has 0 saturated heterocycles. The number of methoxy groups -OCH3 is 2. The summed E-state index contributed by atoms with van der Waals surface area (Å²) in [4.78, 5) is 2.41. The lowest BCUT2D eigenvalue weighted by molar-refractivity contribution is -0.536. The second-order valence-corrected chi connectivity index (χ2v) is 8.38. The largest absolute Gasteiger partial charge is 0.851 e. The summed E-state index contributed by atoms with van der Waals surface area (Å²) in [5.41, 5.74) is 2.76. The number of unbranched alkanes of at least 4 members (excludes halogenated alkanes) is 2. The maximum atomic E-state index is 13.0. The van der Waals surface area contributed by atoms with E-state index in [0.717, 1.165) is 49.9 Å². The molecule has 31 heavy (non-hydrogen) atoms. The van der Waals surface area contributed by atoms with Gasteiger partial charge in [-0.3, -0.25) is 0 Å². The van der Waals surface area contributed by atoms with Crippen LogP contribution in [0.5, 0.6) is 11.5 Å². The molecule has 0 radical (unpaired) electrons. The molecule has 0 N–H and O–H groups in total. The standard InChI is InChI=1S/C26H35NO4/c1-5-7-15-27(16-8-6-2)20-12-9-18(10-13-20)23-25(28)24(26(23)29)19-11-14-21(30-3)22(17-19)31-4/h9-14,17,23-26H,5-8,15-16H2,1-4H3/q-2. The third-order valence-electron chi connectivity index (χ3n) is 6.41. The number of rotatable bonds is 11. The van der Waals surface area contributed by atoms with Gasteiger partial charge in [-0.15, -0.1) is 12.2 Å². The molecule has 0 aliphatic heterocycles. The fraction of sp³-hybridized carbons (Fsp3) is 0.538. The van der Waals surface area contributed by atoms with Gasteiger partial charge in [0.2, 0.25) is 0 Å². The van der Waals surface area contributed by atoms with Crippen LogP contribution in [0.2, 0.25) is 0 Å². The Hall–Kier alpha value is -2.24. The molecule has 0 aromatic heterocycles. The second kappa shape index (κ2) is 10.9. The summed E-state index contributed by atoms with van der Waals surface area (Å²) in [6.45, 7) is 6.48. The molecule has 5 nitrogen and oxygen atoms in total. The summed E-state index contributed by atoms with van der Waals surface area (Å²) in [5, 5.41) is 26.1. The lowest BCUT2D eigenvalue weighted by atomic mass is 9.63. The van der Waals surface area contributed by atoms with Crippen molar-refractivity contribution in [3.8, 4) is 11.5 Å². The molecule has 0 bridgehead atoms. The van der Waals surface area contributed by atoms with Crippen LogP contribution in [0.25, 0.3) is 0 Å². The molecule has 1 fully saturated rings. The number of nitrogens with zero attached hydrogens (tertiary/aromatic N) is 1. The lowest BCUT2D eigenvalue weighted by Crippen LogP contribution is -2.63. The average Bonchev–Trinajstić information content (AvgIpc) is 2.80. The SMILES string of the molecule is CCCCN(CCCC)c1ccc(C2C([O-])C(c3ccc(OC)c(OC)c3)C2[O-])cc1. The summed E-state index contributed by atoms with van der Waals surface area (Å²) < 4.78 is 10.6. The normalized spacial score (nSPS) is 22.6. The van der Waals surface area contributed by atoms with E-state index < -0.39 is 24.0 Å². The van der Waals surface area contributed by atoms with Gasteiger partial charge in [0, 0.05) is 18.8 Å². The summed E-state index contributed by atoms with van der Waals surface area (Å²) in [7, 11) is 3.12. The van der Waals surface area contributed by atoms with Crippen LogP contribution in [0.4, 0.5) is 5.69 Å². The third-order valence-corrected chi connectivity index (χ3v) is 6.41. The van der Waals surface area contributed by atoms with Crippen LogP contribution in [0.3, 0.4) is 0 Å². The van der Waals surface area contributed by atoms with Gasteiger partial charge >= 0.3 is 0 Å². The van der Waals surface area contributed by atoms with Gasteiger partial charge in [0.25, 0.3) is 0 Å². The van der Waals surface area contributed by atoms with Gasteiger partial charge in [0.15, 0.2) is 11.5 Å². The number of ether oxygens (including phenoxy) is 2. The fourth-order valence-electron chi connectivity index (χ4n) is 4.47. The minimum atomic E-state index is -0.956. The predicted molar refractivity (Wildman–Crippen MR) is 121 cm³/mol. The molecule has 5 heteroatoms. The fourth-order valence-corrected chi connectivity index (χ4v) is 4.47. The van der Waals surface area contributed by atoms with E-state index in [9.17, 15) is 10.2 Å². The van der Waals surface area contributed by atoms with Crippen molar-refractivity contribution in [2.24, 2.45) is 0 Å². The summed E-state index contributed by atoms with van der Waals surface area (Å²) in [5.74, 6) is 0.0757. The Morgan fingerprint density at radius 2 is 1.26 bits per heavy atom. The highest BCUT2D eigenvalue weighted by Crippen LogP contribution is 2.47. The Kier molecular flexibility index (Phi) is 8.22. The van der Waals surface area contributed by atoms with Crippen molar-refractivity contribution in [3.63, 3.8) is 0 Å². The smallest absolute Gasteiger partial charge is 0.160 e. The molecular weight excluding hydrogens is 390 g/mol. The van der Waals surface area contributed by atoms with Gasteiger partial charge in [-0.25, -0.2) is 0 Å². The highest BCUT2D eigenvalue weighted by atomic mass is 16.5. The maximum absolute atomic E-state index is 13.0. The number of benzene rings is 2. The average molecular weight is 426 g/mol. The molecule has 2 aromatic rings. The zero-order valence-electron chi connectivity index (χ0n) is 19.2. The van der Waals surface area contributed by atoms with Gasteiger partial charge in [-0.1, -0.05) is 44.9 Å². The zero-order chi connectivity index (χ0) is 22.4. The van der Waals surface area contributed by atoms with Gasteiger partial charge in [0.05, 0.1) is 14.2 Å². The Balaban J connectivity index is 1.73. The van der Waals surface area contributed by atoms with E-state index in [2.05, 4.69) is 30.9 Å². The summed E-state index contributed by atoms with van der Waals surface area (Å²) in [6.07, 6.45) is 2.73. The molecule has 2 aromatic carbocycles. The predicted octanol–water partition coefficient (Wildman–Crippen LogP) is 3.45. The monoisotopic (exact) mass is 425 g/mol. The van der Waals surface area contributed by atoms with Crippen molar-refractivity contribution in [1.29, 1.82) is 0 Å². The van der Waals surface area contributed by atoms with E-state index in [-0.39, 0.29) is 0 Å². The van der Waals surface area contributed by atoms with Crippen molar-refractivity contribution in [2.75, 3.05) is 32.2 Å². The van der Waals surface area contributed by atoms with Crippen molar-refractivity contribution < 1.29 is 19.7 Å². The highest BCUT2D eigenvalue weighted by Gasteiger charge is 2.38.